The fraction of sp³-hybridized carbons (Fsp3) is 0.125. The van der Waals surface area contributed by atoms with E-state index in [0.717, 1.165) is 7.11 Å². The minimum Gasteiger partial charge on any atom is -0.465 e. The number of halogens is 5. The standard InChI is InChI=1S/C8H5BClF4O2/c1-16-8(15)4-2-5(9(12,13)14)7(11)3-6(4)10/h2-3H,1H3/q-1. The van der Waals surface area contributed by atoms with Crippen molar-refractivity contribution in [2.24, 2.45) is 0 Å². The molecule has 1 rings (SSSR count). The Kier molecular flexibility index (Phi) is 3.47. The molecule has 0 N–H and O–H groups in total. The molecule has 0 saturated heterocycles. The van der Waals surface area contributed by atoms with Crippen LogP contribution in [0, 0.1) is 5.82 Å². The van der Waals surface area contributed by atoms with Crippen molar-refractivity contribution in [2.75, 3.05) is 7.11 Å². The molecule has 88 valence electrons. The van der Waals surface area contributed by atoms with Crippen molar-refractivity contribution in [3.63, 3.8) is 0 Å². The maximum atomic E-state index is 13.0. The third kappa shape index (κ3) is 2.47. The van der Waals surface area contributed by atoms with Gasteiger partial charge >= 0.3 is 12.9 Å². The van der Waals surface area contributed by atoms with Crippen LogP contribution in [0.4, 0.5) is 17.3 Å². The Morgan fingerprint density at radius 3 is 2.38 bits per heavy atom. The maximum Gasteiger partial charge on any atom is 0.512 e. The lowest BCUT2D eigenvalue weighted by molar-refractivity contribution is 0.0601. The highest BCUT2D eigenvalue weighted by Crippen LogP contribution is 2.20. The number of methoxy groups -OCH3 is 1. The first kappa shape index (κ1) is 12.8. The van der Waals surface area contributed by atoms with Gasteiger partial charge in [0.1, 0.15) is 0 Å². The molecule has 1 aromatic carbocycles. The molecule has 0 spiro atoms. The number of esters is 1. The molecule has 8 heteroatoms. The van der Waals surface area contributed by atoms with Crippen molar-refractivity contribution in [1.82, 2.24) is 0 Å². The quantitative estimate of drug-likeness (QED) is 0.460. The fourth-order valence-electron chi connectivity index (χ4n) is 1.08. The summed E-state index contributed by atoms with van der Waals surface area (Å²) in [6.45, 7) is -5.54. The largest absolute Gasteiger partial charge is 0.512 e. The summed E-state index contributed by atoms with van der Waals surface area (Å²) in [5.74, 6) is -2.56. The Morgan fingerprint density at radius 1 is 1.38 bits per heavy atom. The number of hydrogen-bond donors (Lipinski definition) is 0. The number of carbonyl (C=O) groups is 1. The SMILES string of the molecule is COC(=O)c1cc([B-](F)(F)F)c(F)cc1Cl. The Morgan fingerprint density at radius 2 is 1.94 bits per heavy atom. The Labute approximate surface area is 93.2 Å². The van der Waals surface area contributed by atoms with E-state index in [9.17, 15) is 22.1 Å². The molecule has 2 nitrogen and oxygen atoms in total. The van der Waals surface area contributed by atoms with E-state index in [1.807, 2.05) is 0 Å². The van der Waals surface area contributed by atoms with Gasteiger partial charge in [0.25, 0.3) is 0 Å². The number of ether oxygens (including phenoxy) is 1. The summed E-state index contributed by atoms with van der Waals surface area (Å²) in [5, 5.41) is -0.423. The monoisotopic (exact) mass is 255 g/mol. The molecule has 0 unspecified atom stereocenters. The molecule has 0 atom stereocenters. The van der Waals surface area contributed by atoms with Gasteiger partial charge in [-0.1, -0.05) is 23.1 Å². The lowest BCUT2D eigenvalue weighted by Gasteiger charge is -2.17. The number of rotatable bonds is 2. The molecule has 0 amide bonds. The molecular formula is C8H5BClF4O2-. The summed E-state index contributed by atoms with van der Waals surface area (Å²) in [4.78, 5) is 11.0. The molecule has 0 heterocycles. The molecule has 0 aliphatic heterocycles. The molecule has 1 aromatic rings. The minimum atomic E-state index is -5.54. The van der Waals surface area contributed by atoms with Crippen LogP contribution in [0.25, 0.3) is 0 Å². The molecule has 0 aliphatic rings. The van der Waals surface area contributed by atoms with Gasteiger partial charge in [-0.3, -0.25) is 0 Å². The van der Waals surface area contributed by atoms with Crippen LogP contribution < -0.4 is 5.46 Å². The van der Waals surface area contributed by atoms with Crippen LogP contribution in [0.5, 0.6) is 0 Å². The Hall–Kier alpha value is -1.24. The zero-order valence-corrected chi connectivity index (χ0v) is 8.69. The number of benzene rings is 1. The second kappa shape index (κ2) is 4.33. The van der Waals surface area contributed by atoms with Crippen molar-refractivity contribution >= 4 is 30.0 Å². The summed E-state index contributed by atoms with van der Waals surface area (Å²) < 4.78 is 54.2. The van der Waals surface area contributed by atoms with Crippen molar-refractivity contribution in [3.05, 3.63) is 28.5 Å². The van der Waals surface area contributed by atoms with E-state index in [4.69, 9.17) is 11.6 Å². The van der Waals surface area contributed by atoms with Crippen LogP contribution in [-0.4, -0.2) is 20.1 Å². The van der Waals surface area contributed by atoms with E-state index in [1.165, 1.54) is 0 Å². The number of carbonyl (C=O) groups excluding carboxylic acids is 1. The van der Waals surface area contributed by atoms with Gasteiger partial charge < -0.3 is 17.7 Å². The topological polar surface area (TPSA) is 26.3 Å². The first-order valence-corrected chi connectivity index (χ1v) is 4.42. The third-order valence-corrected chi connectivity index (χ3v) is 2.16. The maximum absolute atomic E-state index is 13.0. The van der Waals surface area contributed by atoms with Gasteiger partial charge in [0.2, 0.25) is 0 Å². The van der Waals surface area contributed by atoms with Gasteiger partial charge in [0.05, 0.1) is 23.5 Å². The average Bonchev–Trinajstić information content (AvgIpc) is 2.14. The van der Waals surface area contributed by atoms with Crippen molar-refractivity contribution in [3.8, 4) is 0 Å². The molecular weight excluding hydrogens is 250 g/mol. The molecule has 16 heavy (non-hydrogen) atoms. The second-order valence-corrected chi connectivity index (χ2v) is 3.33. The van der Waals surface area contributed by atoms with Crippen molar-refractivity contribution in [1.29, 1.82) is 0 Å². The number of hydrogen-bond acceptors (Lipinski definition) is 2. The second-order valence-electron chi connectivity index (χ2n) is 2.92. The van der Waals surface area contributed by atoms with Crippen LogP contribution in [0.15, 0.2) is 12.1 Å². The molecule has 0 radical (unpaired) electrons. The first-order valence-electron chi connectivity index (χ1n) is 4.04. The normalized spacial score (nSPS) is 11.4. The lowest BCUT2D eigenvalue weighted by Crippen LogP contribution is -2.37. The molecule has 0 aromatic heterocycles. The van der Waals surface area contributed by atoms with Gasteiger partial charge in [0.15, 0.2) is 0 Å². The highest BCUT2D eigenvalue weighted by molar-refractivity contribution is 6.73. The van der Waals surface area contributed by atoms with Gasteiger partial charge in [0, 0.05) is 0 Å². The van der Waals surface area contributed by atoms with Crippen molar-refractivity contribution in [2.45, 2.75) is 0 Å². The summed E-state index contributed by atoms with van der Waals surface area (Å²) in [5.41, 5.74) is -2.01. The Bertz CT molecular complexity index is 433. The van der Waals surface area contributed by atoms with Crippen LogP contribution in [0.3, 0.4) is 0 Å². The zero-order valence-electron chi connectivity index (χ0n) is 7.94. The van der Waals surface area contributed by atoms with Crippen LogP contribution >= 0.6 is 11.6 Å². The van der Waals surface area contributed by atoms with E-state index in [2.05, 4.69) is 4.74 Å². The smallest absolute Gasteiger partial charge is 0.465 e. The summed E-state index contributed by atoms with van der Waals surface area (Å²) in [6, 6.07) is 0.794. The summed E-state index contributed by atoms with van der Waals surface area (Å²) in [6.07, 6.45) is 0. The van der Waals surface area contributed by atoms with Crippen LogP contribution in [-0.2, 0) is 4.74 Å². The Balaban J connectivity index is 3.39. The molecule has 0 bridgehead atoms. The summed E-state index contributed by atoms with van der Waals surface area (Å²) >= 11 is 5.42. The van der Waals surface area contributed by atoms with Crippen molar-refractivity contribution < 1.29 is 26.9 Å². The predicted octanol–water partition coefficient (Wildman–Crippen LogP) is 2.32. The molecule has 0 aliphatic carbocycles. The van der Waals surface area contributed by atoms with Crippen LogP contribution in [0.2, 0.25) is 5.02 Å². The average molecular weight is 255 g/mol. The van der Waals surface area contributed by atoms with E-state index in [-0.39, 0.29) is 0 Å². The van der Waals surface area contributed by atoms with E-state index >= 15 is 0 Å². The molecule has 0 fully saturated rings. The minimum absolute atomic E-state index is 0.351. The molecule has 0 saturated carbocycles. The van der Waals surface area contributed by atoms with E-state index < -0.39 is 34.8 Å². The van der Waals surface area contributed by atoms with E-state index in [0.29, 0.717) is 12.1 Å². The zero-order chi connectivity index (χ0) is 12.5. The fourth-order valence-corrected chi connectivity index (χ4v) is 1.31. The van der Waals surface area contributed by atoms with Gasteiger partial charge in [-0.25, -0.2) is 9.18 Å². The van der Waals surface area contributed by atoms with Gasteiger partial charge in [-0.15, -0.1) is 0 Å². The third-order valence-electron chi connectivity index (χ3n) is 1.84. The summed E-state index contributed by atoms with van der Waals surface area (Å²) in [7, 11) is 0.987. The lowest BCUT2D eigenvalue weighted by atomic mass is 9.79. The van der Waals surface area contributed by atoms with Gasteiger partial charge in [-0.05, 0) is 6.07 Å². The highest BCUT2D eigenvalue weighted by atomic mass is 35.5. The first-order chi connectivity index (χ1) is 7.27. The van der Waals surface area contributed by atoms with E-state index in [1.54, 1.807) is 0 Å². The predicted molar refractivity (Wildman–Crippen MR) is 51.5 cm³/mol. The van der Waals surface area contributed by atoms with Crippen LogP contribution in [0.1, 0.15) is 10.4 Å². The van der Waals surface area contributed by atoms with Gasteiger partial charge in [-0.2, -0.15) is 0 Å². The highest BCUT2D eigenvalue weighted by Gasteiger charge is 2.30.